The van der Waals surface area contributed by atoms with E-state index < -0.39 is 10.0 Å². The minimum absolute atomic E-state index is 0.0270. The van der Waals surface area contributed by atoms with Gasteiger partial charge in [-0.05, 0) is 30.7 Å². The number of halogens is 1. The number of nitrogens with one attached hydrogen (secondary N) is 1. The van der Waals surface area contributed by atoms with Crippen molar-refractivity contribution < 1.29 is 12.8 Å². The minimum atomic E-state index is -3.75. The van der Waals surface area contributed by atoms with Crippen LogP contribution >= 0.6 is 0 Å². The van der Waals surface area contributed by atoms with Gasteiger partial charge in [0.25, 0.3) is 0 Å². The molecule has 0 heterocycles. The van der Waals surface area contributed by atoms with Crippen LogP contribution in [-0.2, 0) is 16.6 Å². The van der Waals surface area contributed by atoms with Crippen molar-refractivity contribution in [1.82, 2.24) is 0 Å². The summed E-state index contributed by atoms with van der Waals surface area (Å²) in [5.41, 5.74) is 1.97. The highest BCUT2D eigenvalue weighted by atomic mass is 32.2. The van der Waals surface area contributed by atoms with Gasteiger partial charge in [0.1, 0.15) is 5.82 Å². The predicted octanol–water partition coefficient (Wildman–Crippen LogP) is 2.39. The molecule has 0 saturated carbocycles. The van der Waals surface area contributed by atoms with Gasteiger partial charge in [-0.2, -0.15) is 0 Å². The Kier molecular flexibility index (Phi) is 4.06. The zero-order valence-corrected chi connectivity index (χ0v) is 11.7. The van der Waals surface area contributed by atoms with Gasteiger partial charge in [-0.15, -0.1) is 0 Å². The van der Waals surface area contributed by atoms with Crippen LogP contribution in [0.15, 0.2) is 47.4 Å². The fraction of sp³-hybridized carbons (Fsp3) is 0.143. The average molecular weight is 294 g/mol. The van der Waals surface area contributed by atoms with Crippen molar-refractivity contribution in [3.8, 4) is 0 Å². The van der Waals surface area contributed by atoms with E-state index in [-0.39, 0.29) is 17.3 Å². The van der Waals surface area contributed by atoms with Crippen LogP contribution in [0.25, 0.3) is 0 Å². The second-order valence-electron chi connectivity index (χ2n) is 4.47. The molecule has 2 aromatic rings. The summed E-state index contributed by atoms with van der Waals surface area (Å²) >= 11 is 0. The van der Waals surface area contributed by atoms with Gasteiger partial charge in [-0.3, -0.25) is 0 Å². The van der Waals surface area contributed by atoms with E-state index in [1.54, 1.807) is 24.3 Å². The monoisotopic (exact) mass is 294 g/mol. The first-order valence-electron chi connectivity index (χ1n) is 5.98. The van der Waals surface area contributed by atoms with Crippen molar-refractivity contribution in [1.29, 1.82) is 0 Å². The molecule has 0 aliphatic heterocycles. The van der Waals surface area contributed by atoms with Crippen molar-refractivity contribution in [2.24, 2.45) is 5.14 Å². The lowest BCUT2D eigenvalue weighted by atomic mass is 10.1. The van der Waals surface area contributed by atoms with Gasteiger partial charge in [-0.25, -0.2) is 17.9 Å². The molecule has 0 aliphatic rings. The molecule has 0 unspecified atom stereocenters. The van der Waals surface area contributed by atoms with Gasteiger partial charge in [0.15, 0.2) is 0 Å². The van der Waals surface area contributed by atoms with Crippen LogP contribution in [0.3, 0.4) is 0 Å². The third-order valence-electron chi connectivity index (χ3n) is 2.96. The maximum atomic E-state index is 13.5. The van der Waals surface area contributed by atoms with Gasteiger partial charge in [-0.1, -0.05) is 24.3 Å². The minimum Gasteiger partial charge on any atom is -0.381 e. The zero-order valence-electron chi connectivity index (χ0n) is 10.9. The van der Waals surface area contributed by atoms with E-state index in [9.17, 15) is 12.8 Å². The molecule has 106 valence electrons. The van der Waals surface area contributed by atoms with Crippen LogP contribution < -0.4 is 10.5 Å². The summed E-state index contributed by atoms with van der Waals surface area (Å²) in [5.74, 6) is -0.305. The Balaban J connectivity index is 2.24. The quantitative estimate of drug-likeness (QED) is 0.909. The maximum Gasteiger partial charge on any atom is 0.238 e. The Labute approximate surface area is 117 Å². The zero-order chi connectivity index (χ0) is 14.8. The molecule has 20 heavy (non-hydrogen) atoms. The third-order valence-corrected chi connectivity index (χ3v) is 3.88. The first-order valence-corrected chi connectivity index (χ1v) is 7.53. The molecule has 4 nitrogen and oxygen atoms in total. The molecular formula is C14H15FN2O2S. The van der Waals surface area contributed by atoms with Crippen molar-refractivity contribution in [2.45, 2.75) is 18.4 Å². The molecule has 0 aliphatic carbocycles. The van der Waals surface area contributed by atoms with Crippen molar-refractivity contribution in [3.05, 3.63) is 59.4 Å². The summed E-state index contributed by atoms with van der Waals surface area (Å²) in [4.78, 5) is 0.0270. The number of benzene rings is 2. The molecule has 3 N–H and O–H groups in total. The molecule has 0 aromatic heterocycles. The summed E-state index contributed by atoms with van der Waals surface area (Å²) < 4.78 is 36.1. The van der Waals surface area contributed by atoms with Crippen LogP contribution in [0, 0.1) is 12.7 Å². The largest absolute Gasteiger partial charge is 0.381 e. The van der Waals surface area contributed by atoms with E-state index in [1.807, 2.05) is 6.92 Å². The number of anilines is 1. The van der Waals surface area contributed by atoms with Crippen LogP contribution in [0.4, 0.5) is 10.1 Å². The van der Waals surface area contributed by atoms with Crippen LogP contribution in [0.1, 0.15) is 11.1 Å². The van der Waals surface area contributed by atoms with Crippen LogP contribution in [-0.4, -0.2) is 8.42 Å². The van der Waals surface area contributed by atoms with Gasteiger partial charge in [0.05, 0.1) is 4.90 Å². The molecule has 0 amide bonds. The van der Waals surface area contributed by atoms with Crippen LogP contribution in [0.5, 0.6) is 0 Å². The molecule has 6 heteroatoms. The van der Waals surface area contributed by atoms with Gasteiger partial charge < -0.3 is 5.32 Å². The van der Waals surface area contributed by atoms with E-state index in [4.69, 9.17) is 5.14 Å². The summed E-state index contributed by atoms with van der Waals surface area (Å²) in [5, 5.41) is 8.11. The van der Waals surface area contributed by atoms with Gasteiger partial charge in [0.2, 0.25) is 10.0 Å². The Morgan fingerprint density at radius 3 is 2.55 bits per heavy atom. The second kappa shape index (κ2) is 5.60. The molecule has 0 bridgehead atoms. The Hall–Kier alpha value is -1.92. The predicted molar refractivity (Wildman–Crippen MR) is 76.3 cm³/mol. The Bertz CT molecular complexity index is 730. The first-order chi connectivity index (χ1) is 9.38. The molecule has 0 spiro atoms. The van der Waals surface area contributed by atoms with E-state index in [1.165, 1.54) is 18.2 Å². The molecule has 0 radical (unpaired) electrons. The lowest BCUT2D eigenvalue weighted by molar-refractivity contribution is 0.597. The molecule has 0 atom stereocenters. The lowest BCUT2D eigenvalue weighted by Crippen LogP contribution is -2.13. The molecule has 2 rings (SSSR count). The highest BCUT2D eigenvalue weighted by Crippen LogP contribution is 2.20. The molecule has 2 aromatic carbocycles. The van der Waals surface area contributed by atoms with Crippen molar-refractivity contribution >= 4 is 15.7 Å². The fourth-order valence-electron chi connectivity index (χ4n) is 1.80. The van der Waals surface area contributed by atoms with Crippen LogP contribution in [0.2, 0.25) is 0 Å². The second-order valence-corrected chi connectivity index (χ2v) is 6.03. The SMILES string of the molecule is Cc1ccc(S(N)(=O)=O)cc1NCc1ccccc1F. The number of rotatable bonds is 4. The number of sulfonamides is 1. The number of aryl methyl sites for hydroxylation is 1. The summed E-state index contributed by atoms with van der Waals surface area (Å²) in [6.45, 7) is 2.10. The number of primary sulfonamides is 1. The number of hydrogen-bond donors (Lipinski definition) is 2. The molecular weight excluding hydrogens is 279 g/mol. The van der Waals surface area contributed by atoms with E-state index in [0.717, 1.165) is 5.56 Å². The van der Waals surface area contributed by atoms with E-state index in [2.05, 4.69) is 5.32 Å². The Morgan fingerprint density at radius 1 is 1.20 bits per heavy atom. The fourth-order valence-corrected chi connectivity index (χ4v) is 2.34. The van der Waals surface area contributed by atoms with Crippen molar-refractivity contribution in [2.75, 3.05) is 5.32 Å². The Morgan fingerprint density at radius 2 is 1.90 bits per heavy atom. The van der Waals surface area contributed by atoms with Gasteiger partial charge >= 0.3 is 0 Å². The van der Waals surface area contributed by atoms with Gasteiger partial charge in [0, 0.05) is 17.8 Å². The molecule has 0 saturated heterocycles. The highest BCUT2D eigenvalue weighted by molar-refractivity contribution is 7.89. The maximum absolute atomic E-state index is 13.5. The summed E-state index contributed by atoms with van der Waals surface area (Å²) in [7, 11) is -3.75. The van der Waals surface area contributed by atoms with E-state index >= 15 is 0 Å². The summed E-state index contributed by atoms with van der Waals surface area (Å²) in [6.07, 6.45) is 0. The first kappa shape index (κ1) is 14.5. The van der Waals surface area contributed by atoms with E-state index in [0.29, 0.717) is 11.3 Å². The highest BCUT2D eigenvalue weighted by Gasteiger charge is 2.10. The smallest absolute Gasteiger partial charge is 0.238 e. The average Bonchev–Trinajstić information content (AvgIpc) is 2.38. The summed E-state index contributed by atoms with van der Waals surface area (Å²) in [6, 6.07) is 11.0. The standard InChI is InChI=1S/C14H15FN2O2S/c1-10-6-7-12(20(16,18)19)8-14(10)17-9-11-4-2-3-5-13(11)15/h2-8,17H,9H2,1H3,(H2,16,18,19). The topological polar surface area (TPSA) is 72.2 Å². The number of hydrogen-bond acceptors (Lipinski definition) is 3. The van der Waals surface area contributed by atoms with Crippen molar-refractivity contribution in [3.63, 3.8) is 0 Å². The normalized spacial score (nSPS) is 11.3. The number of nitrogens with two attached hydrogens (primary N) is 1. The molecule has 0 fully saturated rings. The third kappa shape index (κ3) is 3.34. The lowest BCUT2D eigenvalue weighted by Gasteiger charge is -2.11.